The molecule has 0 aliphatic carbocycles. The molecule has 7 heteroatoms. The molecular weight excluding hydrogens is 366 g/mol. The number of carbonyl (C=O) groups excluding carboxylic acids is 2. The molecular formula is C22H29N5O2. The van der Waals surface area contributed by atoms with Gasteiger partial charge in [0.1, 0.15) is 0 Å². The minimum absolute atomic E-state index is 0.00519. The Bertz CT molecular complexity index is 813. The number of hydrogen-bond donors (Lipinski definition) is 0. The molecule has 0 unspecified atom stereocenters. The SMILES string of the molecule is CCCN(CCC)C(=O)c1cccc(C(=O)N2CCN(c3ncccn3)CC2)c1. The molecule has 1 aromatic carbocycles. The van der Waals surface area contributed by atoms with Crippen LogP contribution in [0.5, 0.6) is 0 Å². The van der Waals surface area contributed by atoms with Gasteiger partial charge in [-0.15, -0.1) is 0 Å². The van der Waals surface area contributed by atoms with Crippen molar-refractivity contribution >= 4 is 17.8 Å². The lowest BCUT2D eigenvalue weighted by Crippen LogP contribution is -2.49. The molecule has 0 bridgehead atoms. The topological polar surface area (TPSA) is 69.6 Å². The van der Waals surface area contributed by atoms with Gasteiger partial charge in [0.05, 0.1) is 0 Å². The number of hydrogen-bond acceptors (Lipinski definition) is 5. The minimum atomic E-state index is -0.0363. The summed E-state index contributed by atoms with van der Waals surface area (Å²) in [6.45, 7) is 8.18. The maximum Gasteiger partial charge on any atom is 0.253 e. The van der Waals surface area contributed by atoms with E-state index in [2.05, 4.69) is 28.7 Å². The summed E-state index contributed by atoms with van der Waals surface area (Å²) in [7, 11) is 0. The normalized spacial score (nSPS) is 14.0. The Labute approximate surface area is 172 Å². The van der Waals surface area contributed by atoms with Crippen LogP contribution in [0.1, 0.15) is 47.4 Å². The fourth-order valence-corrected chi connectivity index (χ4v) is 3.57. The lowest BCUT2D eigenvalue weighted by molar-refractivity contribution is 0.0746. The standard InChI is InChI=1S/C22H29N5O2/c1-3-11-25(12-4-2)20(28)18-7-5-8-19(17-18)21(29)26-13-15-27(16-14-26)22-23-9-6-10-24-22/h5-10,17H,3-4,11-16H2,1-2H3. The molecule has 1 aliphatic rings. The van der Waals surface area contributed by atoms with Crippen LogP contribution in [0.4, 0.5) is 5.95 Å². The van der Waals surface area contributed by atoms with Crippen molar-refractivity contribution in [2.45, 2.75) is 26.7 Å². The number of carbonyl (C=O) groups is 2. The first-order valence-electron chi connectivity index (χ1n) is 10.3. The van der Waals surface area contributed by atoms with Crippen LogP contribution in [0, 0.1) is 0 Å². The van der Waals surface area contributed by atoms with E-state index in [-0.39, 0.29) is 11.8 Å². The predicted octanol–water partition coefficient (Wildman–Crippen LogP) is 2.70. The molecule has 3 rings (SSSR count). The fraction of sp³-hybridized carbons (Fsp3) is 0.455. The highest BCUT2D eigenvalue weighted by Gasteiger charge is 2.24. The van der Waals surface area contributed by atoms with Gasteiger partial charge in [-0.05, 0) is 37.1 Å². The number of nitrogens with zero attached hydrogens (tertiary/aromatic N) is 5. The quantitative estimate of drug-likeness (QED) is 0.721. The number of amides is 2. The maximum atomic E-state index is 13.0. The van der Waals surface area contributed by atoms with E-state index in [4.69, 9.17) is 0 Å². The molecule has 1 aliphatic heterocycles. The van der Waals surface area contributed by atoms with Gasteiger partial charge in [-0.2, -0.15) is 0 Å². The second-order valence-corrected chi connectivity index (χ2v) is 7.20. The van der Waals surface area contributed by atoms with Crippen LogP contribution in [-0.4, -0.2) is 70.9 Å². The van der Waals surface area contributed by atoms with Crippen molar-refractivity contribution in [1.82, 2.24) is 19.8 Å². The van der Waals surface area contributed by atoms with E-state index in [1.807, 2.05) is 9.80 Å². The number of benzene rings is 1. The average Bonchev–Trinajstić information content (AvgIpc) is 2.79. The van der Waals surface area contributed by atoms with Crippen molar-refractivity contribution in [2.24, 2.45) is 0 Å². The van der Waals surface area contributed by atoms with Crippen molar-refractivity contribution in [2.75, 3.05) is 44.2 Å². The van der Waals surface area contributed by atoms with E-state index < -0.39 is 0 Å². The van der Waals surface area contributed by atoms with Gasteiger partial charge in [0, 0.05) is 62.8 Å². The summed E-state index contributed by atoms with van der Waals surface area (Å²) in [6.07, 6.45) is 5.28. The highest BCUT2D eigenvalue weighted by molar-refractivity contribution is 5.99. The van der Waals surface area contributed by atoms with Crippen LogP contribution < -0.4 is 4.90 Å². The Morgan fingerprint density at radius 2 is 1.55 bits per heavy atom. The summed E-state index contributed by atoms with van der Waals surface area (Å²) >= 11 is 0. The second kappa shape index (κ2) is 10.0. The zero-order valence-electron chi connectivity index (χ0n) is 17.3. The summed E-state index contributed by atoms with van der Waals surface area (Å²) < 4.78 is 0. The molecule has 2 heterocycles. The first kappa shape index (κ1) is 20.8. The molecule has 2 amide bonds. The van der Waals surface area contributed by atoms with Crippen LogP contribution >= 0.6 is 0 Å². The zero-order valence-corrected chi connectivity index (χ0v) is 17.3. The molecule has 1 saturated heterocycles. The highest BCUT2D eigenvalue weighted by atomic mass is 16.2. The Morgan fingerprint density at radius 1 is 0.931 bits per heavy atom. The monoisotopic (exact) mass is 395 g/mol. The Kier molecular flexibility index (Phi) is 7.16. The molecule has 1 fully saturated rings. The van der Waals surface area contributed by atoms with E-state index >= 15 is 0 Å². The van der Waals surface area contributed by atoms with E-state index in [9.17, 15) is 9.59 Å². The second-order valence-electron chi connectivity index (χ2n) is 7.20. The molecule has 1 aromatic heterocycles. The van der Waals surface area contributed by atoms with Crippen LogP contribution in [0.25, 0.3) is 0 Å². The van der Waals surface area contributed by atoms with Gasteiger partial charge in [-0.1, -0.05) is 19.9 Å². The number of piperazine rings is 1. The molecule has 0 N–H and O–H groups in total. The lowest BCUT2D eigenvalue weighted by Gasteiger charge is -2.34. The summed E-state index contributed by atoms with van der Waals surface area (Å²) in [5.74, 6) is 0.652. The van der Waals surface area contributed by atoms with Crippen molar-refractivity contribution in [3.05, 3.63) is 53.9 Å². The van der Waals surface area contributed by atoms with E-state index in [0.29, 0.717) is 43.3 Å². The van der Waals surface area contributed by atoms with E-state index in [1.165, 1.54) is 0 Å². The molecule has 0 atom stereocenters. The fourth-order valence-electron chi connectivity index (χ4n) is 3.57. The lowest BCUT2D eigenvalue weighted by atomic mass is 10.1. The minimum Gasteiger partial charge on any atom is -0.339 e. The average molecular weight is 396 g/mol. The van der Waals surface area contributed by atoms with Crippen molar-refractivity contribution in [3.8, 4) is 0 Å². The molecule has 7 nitrogen and oxygen atoms in total. The first-order valence-corrected chi connectivity index (χ1v) is 10.3. The smallest absolute Gasteiger partial charge is 0.253 e. The zero-order chi connectivity index (χ0) is 20.6. The van der Waals surface area contributed by atoms with Gasteiger partial charge in [0.25, 0.3) is 11.8 Å². The first-order chi connectivity index (χ1) is 14.1. The van der Waals surface area contributed by atoms with Gasteiger partial charge < -0.3 is 14.7 Å². The van der Waals surface area contributed by atoms with Crippen molar-refractivity contribution < 1.29 is 9.59 Å². The van der Waals surface area contributed by atoms with Crippen molar-refractivity contribution in [3.63, 3.8) is 0 Å². The Hall–Kier alpha value is -2.96. The molecule has 0 spiro atoms. The number of anilines is 1. The largest absolute Gasteiger partial charge is 0.339 e. The third kappa shape index (κ3) is 5.10. The third-order valence-electron chi connectivity index (χ3n) is 5.03. The Balaban J connectivity index is 1.66. The molecule has 0 saturated carbocycles. The summed E-state index contributed by atoms with van der Waals surface area (Å²) in [4.78, 5) is 40.2. The van der Waals surface area contributed by atoms with Crippen molar-refractivity contribution in [1.29, 1.82) is 0 Å². The highest BCUT2D eigenvalue weighted by Crippen LogP contribution is 2.15. The maximum absolute atomic E-state index is 13.0. The number of aromatic nitrogens is 2. The van der Waals surface area contributed by atoms with Gasteiger partial charge in [-0.3, -0.25) is 9.59 Å². The van der Waals surface area contributed by atoms with E-state index in [0.717, 1.165) is 25.9 Å². The van der Waals surface area contributed by atoms with Crippen LogP contribution in [0.2, 0.25) is 0 Å². The van der Waals surface area contributed by atoms with Gasteiger partial charge in [-0.25, -0.2) is 9.97 Å². The van der Waals surface area contributed by atoms with Gasteiger partial charge in [0.15, 0.2) is 0 Å². The summed E-state index contributed by atoms with van der Waals surface area (Å²) in [5.41, 5.74) is 1.14. The molecule has 29 heavy (non-hydrogen) atoms. The van der Waals surface area contributed by atoms with Gasteiger partial charge in [0.2, 0.25) is 5.95 Å². The Morgan fingerprint density at radius 3 is 2.17 bits per heavy atom. The van der Waals surface area contributed by atoms with E-state index in [1.54, 1.807) is 42.7 Å². The van der Waals surface area contributed by atoms with Crippen LogP contribution in [0.3, 0.4) is 0 Å². The third-order valence-corrected chi connectivity index (χ3v) is 5.03. The summed E-state index contributed by atoms with van der Waals surface area (Å²) in [6, 6.07) is 8.90. The number of rotatable bonds is 7. The molecule has 154 valence electrons. The predicted molar refractivity (Wildman–Crippen MR) is 113 cm³/mol. The van der Waals surface area contributed by atoms with Crippen LogP contribution in [0.15, 0.2) is 42.7 Å². The molecule has 0 radical (unpaired) electrons. The molecule has 2 aromatic rings. The van der Waals surface area contributed by atoms with Crippen LogP contribution in [-0.2, 0) is 0 Å². The summed E-state index contributed by atoms with van der Waals surface area (Å²) in [5, 5.41) is 0. The van der Waals surface area contributed by atoms with Gasteiger partial charge >= 0.3 is 0 Å².